The molecule has 1 aromatic carbocycles. The predicted octanol–water partition coefficient (Wildman–Crippen LogP) is 2.81. The van der Waals surface area contributed by atoms with Gasteiger partial charge in [-0.05, 0) is 23.8 Å². The van der Waals surface area contributed by atoms with Crippen LogP contribution in [0.25, 0.3) is 6.08 Å². The Balaban J connectivity index is 2.04. The summed E-state index contributed by atoms with van der Waals surface area (Å²) in [5.41, 5.74) is 5.19. The number of nitrogens with two attached hydrogens (primary N) is 1. The van der Waals surface area contributed by atoms with Gasteiger partial charge in [-0.15, -0.1) is 0 Å². The van der Waals surface area contributed by atoms with Gasteiger partial charge >= 0.3 is 11.0 Å². The first-order valence-electron chi connectivity index (χ1n) is 6.28. The molecule has 0 fully saturated rings. The van der Waals surface area contributed by atoms with Gasteiger partial charge in [-0.2, -0.15) is 0 Å². The summed E-state index contributed by atoms with van der Waals surface area (Å²) in [6.45, 7) is 0. The van der Waals surface area contributed by atoms with Crippen molar-refractivity contribution in [2.45, 2.75) is 0 Å². The lowest BCUT2D eigenvalue weighted by molar-refractivity contribution is -0.380. The molecule has 0 aliphatic heterocycles. The number of hydrogen-bond acceptors (Lipinski definition) is 6. The van der Waals surface area contributed by atoms with Crippen LogP contribution < -0.4 is 5.73 Å². The standard InChI is InChI=1S/C14H9F2N3O4S/c15-9-2-1-3-10(16)13(9)14(17)18-23-12(20)5-4-8-6-11(19(21)22)24-7-8/h1-7H,(H2,17,18)/b5-4+. The van der Waals surface area contributed by atoms with Gasteiger partial charge in [-0.25, -0.2) is 13.6 Å². The molecule has 0 aliphatic carbocycles. The minimum absolute atomic E-state index is 0.0830. The second-order valence-electron chi connectivity index (χ2n) is 4.29. The van der Waals surface area contributed by atoms with E-state index < -0.39 is 33.9 Å². The molecule has 0 spiro atoms. The molecule has 10 heteroatoms. The summed E-state index contributed by atoms with van der Waals surface area (Å²) in [5, 5.41) is 15.1. The van der Waals surface area contributed by atoms with Crippen LogP contribution in [0.5, 0.6) is 0 Å². The molecule has 0 amide bonds. The van der Waals surface area contributed by atoms with Gasteiger partial charge in [0.25, 0.3) is 0 Å². The third kappa shape index (κ3) is 4.20. The molecule has 2 rings (SSSR count). The van der Waals surface area contributed by atoms with E-state index in [1.807, 2.05) is 0 Å². The third-order valence-corrected chi connectivity index (χ3v) is 3.55. The number of amidine groups is 1. The number of carbonyl (C=O) groups is 1. The van der Waals surface area contributed by atoms with Gasteiger partial charge in [0.15, 0.2) is 5.84 Å². The van der Waals surface area contributed by atoms with Crippen LogP contribution in [0.1, 0.15) is 11.1 Å². The fraction of sp³-hybridized carbons (Fsp3) is 0. The highest BCUT2D eigenvalue weighted by Gasteiger charge is 2.13. The lowest BCUT2D eigenvalue weighted by Gasteiger charge is -2.02. The van der Waals surface area contributed by atoms with Gasteiger partial charge in [-0.1, -0.05) is 22.6 Å². The summed E-state index contributed by atoms with van der Waals surface area (Å²) in [4.78, 5) is 25.9. The molecule has 0 bridgehead atoms. The molecule has 124 valence electrons. The van der Waals surface area contributed by atoms with Crippen molar-refractivity contribution in [1.82, 2.24) is 0 Å². The molecule has 0 saturated heterocycles. The smallest absolute Gasteiger partial charge is 0.358 e. The van der Waals surface area contributed by atoms with Gasteiger partial charge in [0, 0.05) is 17.5 Å². The van der Waals surface area contributed by atoms with Crippen molar-refractivity contribution in [3.63, 3.8) is 0 Å². The molecule has 1 aromatic heterocycles. The molecule has 1 heterocycles. The Hall–Kier alpha value is -3.14. The van der Waals surface area contributed by atoms with E-state index in [4.69, 9.17) is 5.73 Å². The molecular weight excluding hydrogens is 344 g/mol. The Kier molecular flexibility index (Phi) is 5.32. The van der Waals surface area contributed by atoms with Crippen molar-refractivity contribution in [2.24, 2.45) is 10.9 Å². The maximum absolute atomic E-state index is 13.5. The molecule has 0 aliphatic rings. The van der Waals surface area contributed by atoms with E-state index in [-0.39, 0.29) is 5.00 Å². The van der Waals surface area contributed by atoms with Crippen LogP contribution in [0.4, 0.5) is 13.8 Å². The van der Waals surface area contributed by atoms with Gasteiger partial charge in [0.1, 0.15) is 11.6 Å². The van der Waals surface area contributed by atoms with Gasteiger partial charge < -0.3 is 10.6 Å². The van der Waals surface area contributed by atoms with Gasteiger partial charge in [0.2, 0.25) is 0 Å². The summed E-state index contributed by atoms with van der Waals surface area (Å²) in [6.07, 6.45) is 2.21. The number of thiophene rings is 1. The average Bonchev–Trinajstić information content (AvgIpc) is 3.00. The zero-order chi connectivity index (χ0) is 17.7. The molecule has 2 N–H and O–H groups in total. The molecule has 0 atom stereocenters. The Bertz CT molecular complexity index is 828. The normalized spacial score (nSPS) is 11.7. The van der Waals surface area contributed by atoms with Crippen molar-refractivity contribution in [3.8, 4) is 0 Å². The fourth-order valence-corrected chi connectivity index (χ4v) is 2.29. The first-order chi connectivity index (χ1) is 11.4. The van der Waals surface area contributed by atoms with Crippen LogP contribution in [0.3, 0.4) is 0 Å². The third-order valence-electron chi connectivity index (χ3n) is 2.65. The number of hydrogen-bond donors (Lipinski definition) is 1. The van der Waals surface area contributed by atoms with Crippen molar-refractivity contribution < 1.29 is 23.3 Å². The second-order valence-corrected chi connectivity index (χ2v) is 5.18. The van der Waals surface area contributed by atoms with Gasteiger partial charge in [0.05, 0.1) is 10.5 Å². The number of rotatable bonds is 5. The number of nitrogens with zero attached hydrogens (tertiary/aromatic N) is 2. The molecule has 2 aromatic rings. The summed E-state index contributed by atoms with van der Waals surface area (Å²) >= 11 is 0.895. The van der Waals surface area contributed by atoms with Crippen molar-refractivity contribution in [3.05, 3.63) is 68.6 Å². The topological polar surface area (TPSA) is 108 Å². The predicted molar refractivity (Wildman–Crippen MR) is 83.2 cm³/mol. The number of carbonyl (C=O) groups excluding carboxylic acids is 1. The summed E-state index contributed by atoms with van der Waals surface area (Å²) < 4.78 is 26.9. The van der Waals surface area contributed by atoms with E-state index in [1.165, 1.54) is 17.5 Å². The molecule has 0 radical (unpaired) electrons. The average molecular weight is 353 g/mol. The molecule has 0 saturated carbocycles. The van der Waals surface area contributed by atoms with E-state index in [0.29, 0.717) is 5.56 Å². The maximum Gasteiger partial charge on any atom is 0.358 e. The van der Waals surface area contributed by atoms with Crippen LogP contribution in [-0.2, 0) is 9.63 Å². The van der Waals surface area contributed by atoms with Crippen LogP contribution >= 0.6 is 11.3 Å². The molecular formula is C14H9F2N3O4S. The highest BCUT2D eigenvalue weighted by atomic mass is 32.1. The zero-order valence-electron chi connectivity index (χ0n) is 11.8. The molecule has 24 heavy (non-hydrogen) atoms. The second kappa shape index (κ2) is 7.42. The molecule has 7 nitrogen and oxygen atoms in total. The van der Waals surface area contributed by atoms with E-state index in [1.54, 1.807) is 0 Å². The lowest BCUT2D eigenvalue weighted by atomic mass is 10.2. The first kappa shape index (κ1) is 17.2. The maximum atomic E-state index is 13.5. The van der Waals surface area contributed by atoms with Crippen LogP contribution in [0, 0.1) is 21.7 Å². The monoisotopic (exact) mass is 353 g/mol. The van der Waals surface area contributed by atoms with Crippen LogP contribution in [-0.4, -0.2) is 16.7 Å². The Labute approximate surface area is 137 Å². The highest BCUT2D eigenvalue weighted by Crippen LogP contribution is 2.23. The quantitative estimate of drug-likeness (QED) is 0.222. The Morgan fingerprint density at radius 3 is 2.62 bits per heavy atom. The largest absolute Gasteiger partial charge is 0.380 e. The van der Waals surface area contributed by atoms with Crippen molar-refractivity contribution in [2.75, 3.05) is 0 Å². The lowest BCUT2D eigenvalue weighted by Crippen LogP contribution is -2.18. The SMILES string of the molecule is N/C(=N\OC(=O)/C=C/c1csc([N+](=O)[O-])c1)c1c(F)cccc1F. The summed E-state index contributed by atoms with van der Waals surface area (Å²) in [7, 11) is 0. The van der Waals surface area contributed by atoms with Crippen molar-refractivity contribution in [1.29, 1.82) is 0 Å². The van der Waals surface area contributed by atoms with Crippen LogP contribution in [0.2, 0.25) is 0 Å². The minimum atomic E-state index is -0.969. The van der Waals surface area contributed by atoms with E-state index >= 15 is 0 Å². The number of nitro groups is 1. The number of benzene rings is 1. The number of halogens is 2. The zero-order valence-corrected chi connectivity index (χ0v) is 12.6. The van der Waals surface area contributed by atoms with E-state index in [0.717, 1.165) is 35.6 Å². The fourth-order valence-electron chi connectivity index (χ4n) is 1.60. The Morgan fingerprint density at radius 1 is 1.38 bits per heavy atom. The van der Waals surface area contributed by atoms with E-state index in [9.17, 15) is 23.7 Å². The van der Waals surface area contributed by atoms with E-state index in [2.05, 4.69) is 9.99 Å². The Morgan fingerprint density at radius 2 is 2.04 bits per heavy atom. The van der Waals surface area contributed by atoms with Gasteiger partial charge in [-0.3, -0.25) is 10.1 Å². The first-order valence-corrected chi connectivity index (χ1v) is 7.16. The van der Waals surface area contributed by atoms with Crippen molar-refractivity contribution >= 4 is 34.2 Å². The van der Waals surface area contributed by atoms with Crippen LogP contribution in [0.15, 0.2) is 40.9 Å². The summed E-state index contributed by atoms with van der Waals surface area (Å²) in [5.74, 6) is -3.51. The number of oxime groups is 1. The minimum Gasteiger partial charge on any atom is -0.380 e. The summed E-state index contributed by atoms with van der Waals surface area (Å²) in [6, 6.07) is 4.37. The molecule has 0 unspecified atom stereocenters. The highest BCUT2D eigenvalue weighted by molar-refractivity contribution is 7.13.